The lowest BCUT2D eigenvalue weighted by Gasteiger charge is -2.05. The standard InChI is InChI=1S/C19H19N3O2S/c1-3-5-17(23)22-19-21-15-11-14(8-9-16(15)25-19)20-18(24)13-7-4-6-12(2)10-13/h4,6-11H,3,5H2,1-2H3,(H,20,24)(H,21,22,23). The van der Waals surface area contributed by atoms with Gasteiger partial charge in [-0.25, -0.2) is 4.98 Å². The number of nitrogens with one attached hydrogen (secondary N) is 2. The minimum atomic E-state index is -0.158. The average Bonchev–Trinajstić information content (AvgIpc) is 2.96. The molecular weight excluding hydrogens is 334 g/mol. The first-order valence-corrected chi connectivity index (χ1v) is 8.95. The number of nitrogens with zero attached hydrogens (tertiary/aromatic N) is 1. The van der Waals surface area contributed by atoms with Gasteiger partial charge in [0.25, 0.3) is 5.91 Å². The van der Waals surface area contributed by atoms with Crippen LogP contribution < -0.4 is 10.6 Å². The molecule has 0 aliphatic carbocycles. The molecule has 2 aromatic carbocycles. The van der Waals surface area contributed by atoms with Gasteiger partial charge in [-0.2, -0.15) is 0 Å². The van der Waals surface area contributed by atoms with Crippen molar-refractivity contribution in [3.05, 3.63) is 53.6 Å². The molecule has 0 aliphatic rings. The number of fused-ring (bicyclic) bond motifs is 1. The number of amides is 2. The molecule has 3 aromatic rings. The number of thiazole rings is 1. The van der Waals surface area contributed by atoms with Crippen LogP contribution in [0.3, 0.4) is 0 Å². The van der Waals surface area contributed by atoms with Crippen molar-refractivity contribution >= 4 is 44.2 Å². The molecule has 1 heterocycles. The third-order valence-corrected chi connectivity index (χ3v) is 4.60. The second-order valence-electron chi connectivity index (χ2n) is 5.82. The summed E-state index contributed by atoms with van der Waals surface area (Å²) in [4.78, 5) is 28.4. The average molecular weight is 353 g/mol. The molecule has 2 amide bonds. The molecule has 0 saturated carbocycles. The second kappa shape index (κ2) is 7.44. The summed E-state index contributed by atoms with van der Waals surface area (Å²) in [6.07, 6.45) is 1.28. The highest BCUT2D eigenvalue weighted by Crippen LogP contribution is 2.28. The molecule has 128 valence electrons. The Morgan fingerprint density at radius 1 is 1.12 bits per heavy atom. The van der Waals surface area contributed by atoms with Crippen LogP contribution in [0.5, 0.6) is 0 Å². The first-order valence-electron chi connectivity index (χ1n) is 8.13. The Balaban J connectivity index is 1.76. The number of benzene rings is 2. The zero-order chi connectivity index (χ0) is 17.8. The van der Waals surface area contributed by atoms with Crippen molar-refractivity contribution in [3.8, 4) is 0 Å². The zero-order valence-corrected chi connectivity index (χ0v) is 14.9. The van der Waals surface area contributed by atoms with E-state index in [1.807, 2.05) is 50.2 Å². The lowest BCUT2D eigenvalue weighted by molar-refractivity contribution is -0.116. The van der Waals surface area contributed by atoms with E-state index in [1.165, 1.54) is 11.3 Å². The summed E-state index contributed by atoms with van der Waals surface area (Å²) in [5, 5.41) is 6.27. The largest absolute Gasteiger partial charge is 0.322 e. The van der Waals surface area contributed by atoms with Crippen LogP contribution in [0.25, 0.3) is 10.2 Å². The molecule has 0 bridgehead atoms. The molecule has 0 radical (unpaired) electrons. The second-order valence-corrected chi connectivity index (χ2v) is 6.85. The Labute approximate surface area is 150 Å². The maximum Gasteiger partial charge on any atom is 0.255 e. The van der Waals surface area contributed by atoms with E-state index in [-0.39, 0.29) is 11.8 Å². The number of carbonyl (C=O) groups is 2. The van der Waals surface area contributed by atoms with Crippen molar-refractivity contribution < 1.29 is 9.59 Å². The van der Waals surface area contributed by atoms with E-state index in [1.54, 1.807) is 6.07 Å². The van der Waals surface area contributed by atoms with Gasteiger partial charge in [-0.05, 0) is 43.7 Å². The van der Waals surface area contributed by atoms with E-state index >= 15 is 0 Å². The van der Waals surface area contributed by atoms with E-state index in [4.69, 9.17) is 0 Å². The molecule has 2 N–H and O–H groups in total. The third kappa shape index (κ3) is 4.22. The fourth-order valence-corrected chi connectivity index (χ4v) is 3.32. The highest BCUT2D eigenvalue weighted by molar-refractivity contribution is 7.22. The van der Waals surface area contributed by atoms with Crippen LogP contribution in [0.1, 0.15) is 35.7 Å². The Bertz CT molecular complexity index is 933. The molecule has 6 heteroatoms. The van der Waals surface area contributed by atoms with Crippen LogP contribution in [0.4, 0.5) is 10.8 Å². The van der Waals surface area contributed by atoms with Gasteiger partial charge < -0.3 is 10.6 Å². The van der Waals surface area contributed by atoms with Crippen LogP contribution in [-0.2, 0) is 4.79 Å². The molecular formula is C19H19N3O2S. The predicted molar refractivity (Wildman–Crippen MR) is 102 cm³/mol. The normalized spacial score (nSPS) is 10.6. The molecule has 0 saturated heterocycles. The molecule has 1 aromatic heterocycles. The number of aryl methyl sites for hydroxylation is 1. The van der Waals surface area contributed by atoms with Crippen LogP contribution >= 0.6 is 11.3 Å². The minimum Gasteiger partial charge on any atom is -0.322 e. The molecule has 0 aliphatic heterocycles. The van der Waals surface area contributed by atoms with Crippen molar-refractivity contribution in [2.75, 3.05) is 10.6 Å². The summed E-state index contributed by atoms with van der Waals surface area (Å²) >= 11 is 1.42. The quantitative estimate of drug-likeness (QED) is 0.704. The first kappa shape index (κ1) is 17.1. The molecule has 0 atom stereocenters. The Kier molecular flexibility index (Phi) is 5.09. The van der Waals surface area contributed by atoms with Gasteiger partial charge in [-0.1, -0.05) is 36.0 Å². The summed E-state index contributed by atoms with van der Waals surface area (Å²) in [5.41, 5.74) is 3.08. The van der Waals surface area contributed by atoms with Crippen LogP contribution in [0.2, 0.25) is 0 Å². The SMILES string of the molecule is CCCC(=O)Nc1nc2cc(NC(=O)c3cccc(C)c3)ccc2s1. The highest BCUT2D eigenvalue weighted by Gasteiger charge is 2.10. The maximum absolute atomic E-state index is 12.3. The summed E-state index contributed by atoms with van der Waals surface area (Å²) < 4.78 is 0.959. The van der Waals surface area contributed by atoms with Gasteiger partial charge in [0.1, 0.15) is 0 Å². The fraction of sp³-hybridized carbons (Fsp3) is 0.211. The van der Waals surface area contributed by atoms with Crippen molar-refractivity contribution in [2.45, 2.75) is 26.7 Å². The number of aromatic nitrogens is 1. The van der Waals surface area contributed by atoms with E-state index < -0.39 is 0 Å². The van der Waals surface area contributed by atoms with E-state index in [2.05, 4.69) is 15.6 Å². The van der Waals surface area contributed by atoms with Gasteiger partial charge in [0, 0.05) is 17.7 Å². The van der Waals surface area contributed by atoms with Crippen molar-refractivity contribution in [3.63, 3.8) is 0 Å². The lowest BCUT2D eigenvalue weighted by Crippen LogP contribution is -2.11. The Morgan fingerprint density at radius 3 is 2.72 bits per heavy atom. The summed E-state index contributed by atoms with van der Waals surface area (Å²) in [6, 6.07) is 13.0. The van der Waals surface area contributed by atoms with Crippen LogP contribution in [-0.4, -0.2) is 16.8 Å². The summed E-state index contributed by atoms with van der Waals surface area (Å²) in [7, 11) is 0. The van der Waals surface area contributed by atoms with Gasteiger partial charge in [0.15, 0.2) is 5.13 Å². The number of rotatable bonds is 5. The molecule has 3 rings (SSSR count). The number of hydrogen-bond acceptors (Lipinski definition) is 4. The molecule has 0 spiro atoms. The van der Waals surface area contributed by atoms with Gasteiger partial charge in [0.2, 0.25) is 5.91 Å². The number of carbonyl (C=O) groups excluding carboxylic acids is 2. The van der Waals surface area contributed by atoms with Crippen LogP contribution in [0.15, 0.2) is 42.5 Å². The van der Waals surface area contributed by atoms with Crippen molar-refractivity contribution in [1.29, 1.82) is 0 Å². The topological polar surface area (TPSA) is 71.1 Å². The predicted octanol–water partition coefficient (Wildman–Crippen LogP) is 4.60. The molecule has 25 heavy (non-hydrogen) atoms. The summed E-state index contributed by atoms with van der Waals surface area (Å²) in [6.45, 7) is 3.91. The molecule has 0 unspecified atom stereocenters. The van der Waals surface area contributed by atoms with Crippen molar-refractivity contribution in [1.82, 2.24) is 4.98 Å². The van der Waals surface area contributed by atoms with Gasteiger partial charge >= 0.3 is 0 Å². The molecule has 5 nitrogen and oxygen atoms in total. The van der Waals surface area contributed by atoms with E-state index in [0.717, 1.165) is 22.2 Å². The number of anilines is 2. The van der Waals surface area contributed by atoms with E-state index in [9.17, 15) is 9.59 Å². The van der Waals surface area contributed by atoms with Crippen molar-refractivity contribution in [2.24, 2.45) is 0 Å². The monoisotopic (exact) mass is 353 g/mol. The van der Waals surface area contributed by atoms with E-state index in [0.29, 0.717) is 22.8 Å². The van der Waals surface area contributed by atoms with Gasteiger partial charge in [-0.15, -0.1) is 0 Å². The van der Waals surface area contributed by atoms with Gasteiger partial charge in [-0.3, -0.25) is 9.59 Å². The first-order chi connectivity index (χ1) is 12.0. The Hall–Kier alpha value is -2.73. The minimum absolute atomic E-state index is 0.0328. The molecule has 0 fully saturated rings. The zero-order valence-electron chi connectivity index (χ0n) is 14.1. The van der Waals surface area contributed by atoms with Gasteiger partial charge in [0.05, 0.1) is 10.2 Å². The Morgan fingerprint density at radius 2 is 1.96 bits per heavy atom. The fourth-order valence-electron chi connectivity index (χ4n) is 2.46. The lowest BCUT2D eigenvalue weighted by atomic mass is 10.1. The third-order valence-electron chi connectivity index (χ3n) is 3.65. The maximum atomic E-state index is 12.3. The van der Waals surface area contributed by atoms with Crippen LogP contribution in [0, 0.1) is 6.92 Å². The number of hydrogen-bond donors (Lipinski definition) is 2. The smallest absolute Gasteiger partial charge is 0.255 e. The summed E-state index contributed by atoms with van der Waals surface area (Å²) in [5.74, 6) is -0.190. The highest BCUT2D eigenvalue weighted by atomic mass is 32.1.